The average molecular weight is 606 g/mol. The van der Waals surface area contributed by atoms with Gasteiger partial charge >= 0.3 is 12.1 Å². The molecule has 0 unspecified atom stereocenters. The normalized spacial score (nSPS) is 14.2. The van der Waals surface area contributed by atoms with Gasteiger partial charge in [0.25, 0.3) is 5.56 Å². The SMILES string of the molecule is O=C(O)C(F)(F)F.O=c1c2sc(-c3ccc(Cl)cc3)cc2ncn1-c1ccc2c(c1)ncn2CCN1CCOCC1. The van der Waals surface area contributed by atoms with Crippen LogP contribution in [0.5, 0.6) is 0 Å². The zero-order valence-corrected chi connectivity index (χ0v) is 22.9. The fourth-order valence-corrected chi connectivity index (χ4v) is 5.48. The van der Waals surface area contributed by atoms with Gasteiger partial charge in [-0.1, -0.05) is 23.7 Å². The maximum atomic E-state index is 13.3. The van der Waals surface area contributed by atoms with Crippen molar-refractivity contribution in [3.8, 4) is 16.1 Å². The van der Waals surface area contributed by atoms with E-state index < -0.39 is 12.1 Å². The van der Waals surface area contributed by atoms with E-state index in [1.165, 1.54) is 11.3 Å². The molecule has 0 bridgehead atoms. The predicted molar refractivity (Wildman–Crippen MR) is 150 cm³/mol. The number of benzene rings is 2. The molecule has 5 aromatic rings. The average Bonchev–Trinajstić information content (AvgIpc) is 3.57. The summed E-state index contributed by atoms with van der Waals surface area (Å²) in [7, 11) is 0. The van der Waals surface area contributed by atoms with Gasteiger partial charge in [-0.15, -0.1) is 11.3 Å². The Morgan fingerprint density at radius 2 is 1.68 bits per heavy atom. The van der Waals surface area contributed by atoms with E-state index in [1.54, 1.807) is 10.9 Å². The first kappa shape index (κ1) is 28.7. The standard InChI is InChI=1S/C25H22ClN5O2S.C2HF3O2/c26-18-3-1-17(2-4-18)23-14-21-24(34-23)25(32)31(16-28-21)19-5-6-22-20(13-19)27-15-30(22)8-7-29-9-11-33-12-10-29;3-2(4,5)1(6)7/h1-6,13-16H,7-12H2;(H,6,7). The highest BCUT2D eigenvalue weighted by Crippen LogP contribution is 2.31. The Hall–Kier alpha value is -3.78. The van der Waals surface area contributed by atoms with Crippen LogP contribution in [0, 0.1) is 0 Å². The number of ether oxygens (including phenoxy) is 1. The molecule has 9 nitrogen and oxygen atoms in total. The molecule has 1 N–H and O–H groups in total. The molecule has 0 atom stereocenters. The third kappa shape index (κ3) is 6.59. The molecule has 0 saturated carbocycles. The van der Waals surface area contributed by atoms with Crippen molar-refractivity contribution in [2.75, 3.05) is 32.8 Å². The summed E-state index contributed by atoms with van der Waals surface area (Å²) in [5, 5.41) is 7.81. The lowest BCUT2D eigenvalue weighted by Gasteiger charge is -2.26. The van der Waals surface area contributed by atoms with E-state index in [0.717, 1.165) is 66.6 Å². The molecule has 0 amide bonds. The number of fused-ring (bicyclic) bond motifs is 2. The number of rotatable bonds is 5. The summed E-state index contributed by atoms with van der Waals surface area (Å²) >= 11 is 7.46. The molecule has 1 saturated heterocycles. The number of hydrogen-bond donors (Lipinski definition) is 1. The highest BCUT2D eigenvalue weighted by Gasteiger charge is 2.38. The van der Waals surface area contributed by atoms with Crippen LogP contribution >= 0.6 is 22.9 Å². The van der Waals surface area contributed by atoms with E-state index >= 15 is 0 Å². The van der Waals surface area contributed by atoms with Gasteiger partial charge in [0.15, 0.2) is 0 Å². The van der Waals surface area contributed by atoms with Crippen molar-refractivity contribution in [3.05, 3.63) is 76.6 Å². The molecular formula is C27H23ClF3N5O4S. The van der Waals surface area contributed by atoms with E-state index in [2.05, 4.69) is 19.4 Å². The number of morpholine rings is 1. The highest BCUT2D eigenvalue weighted by molar-refractivity contribution is 7.22. The number of nitrogens with zero attached hydrogens (tertiary/aromatic N) is 5. The first-order valence-corrected chi connectivity index (χ1v) is 13.6. The maximum absolute atomic E-state index is 13.3. The lowest BCUT2D eigenvalue weighted by molar-refractivity contribution is -0.192. The van der Waals surface area contributed by atoms with Gasteiger partial charge in [0.2, 0.25) is 0 Å². The number of carboxylic acids is 1. The van der Waals surface area contributed by atoms with Crippen LogP contribution in [0.4, 0.5) is 13.2 Å². The Morgan fingerprint density at radius 3 is 2.37 bits per heavy atom. The second-order valence-corrected chi connectivity index (χ2v) is 10.6. The van der Waals surface area contributed by atoms with Crippen LogP contribution in [-0.4, -0.2) is 74.1 Å². The van der Waals surface area contributed by atoms with Gasteiger partial charge in [0.05, 0.1) is 41.8 Å². The number of alkyl halides is 3. The van der Waals surface area contributed by atoms with Crippen LogP contribution in [0.2, 0.25) is 5.02 Å². The number of imidazole rings is 1. The van der Waals surface area contributed by atoms with Crippen molar-refractivity contribution >= 4 is 50.2 Å². The summed E-state index contributed by atoms with van der Waals surface area (Å²) in [4.78, 5) is 34.8. The molecule has 0 radical (unpaired) electrons. The van der Waals surface area contributed by atoms with Crippen molar-refractivity contribution in [2.24, 2.45) is 0 Å². The summed E-state index contributed by atoms with van der Waals surface area (Å²) in [6.07, 6.45) is -1.61. The minimum absolute atomic E-state index is 0.0821. The number of aromatic nitrogens is 4. The Morgan fingerprint density at radius 1 is 1.00 bits per heavy atom. The van der Waals surface area contributed by atoms with Gasteiger partial charge in [0.1, 0.15) is 11.0 Å². The molecule has 214 valence electrons. The van der Waals surface area contributed by atoms with Gasteiger partial charge in [-0.3, -0.25) is 14.3 Å². The van der Waals surface area contributed by atoms with Crippen molar-refractivity contribution in [1.82, 2.24) is 24.0 Å². The van der Waals surface area contributed by atoms with Gasteiger partial charge in [-0.05, 0) is 42.0 Å². The van der Waals surface area contributed by atoms with Crippen LogP contribution < -0.4 is 5.56 Å². The molecule has 6 rings (SSSR count). The summed E-state index contributed by atoms with van der Waals surface area (Å²) in [5.41, 5.74) is 4.31. The molecule has 14 heteroatoms. The Bertz CT molecular complexity index is 1740. The van der Waals surface area contributed by atoms with E-state index in [0.29, 0.717) is 15.2 Å². The first-order valence-electron chi connectivity index (χ1n) is 12.4. The number of thiophene rings is 1. The van der Waals surface area contributed by atoms with Crippen molar-refractivity contribution in [2.45, 2.75) is 12.7 Å². The third-order valence-corrected chi connectivity index (χ3v) is 7.87. The van der Waals surface area contributed by atoms with Gasteiger partial charge < -0.3 is 14.4 Å². The number of hydrogen-bond acceptors (Lipinski definition) is 7. The lowest BCUT2D eigenvalue weighted by Crippen LogP contribution is -2.38. The van der Waals surface area contributed by atoms with Crippen molar-refractivity contribution < 1.29 is 27.8 Å². The van der Waals surface area contributed by atoms with Crippen LogP contribution in [0.3, 0.4) is 0 Å². The van der Waals surface area contributed by atoms with E-state index in [1.807, 2.05) is 54.9 Å². The quantitative estimate of drug-likeness (QED) is 0.298. The molecule has 0 spiro atoms. The third-order valence-electron chi connectivity index (χ3n) is 6.45. The number of carbonyl (C=O) groups is 1. The van der Waals surface area contributed by atoms with Gasteiger partial charge in [0, 0.05) is 36.1 Å². The van der Waals surface area contributed by atoms with Crippen LogP contribution in [0.1, 0.15) is 0 Å². The molecule has 2 aromatic carbocycles. The van der Waals surface area contributed by atoms with Crippen LogP contribution in [0.25, 0.3) is 37.4 Å². The minimum atomic E-state index is -5.08. The monoisotopic (exact) mass is 605 g/mol. The largest absolute Gasteiger partial charge is 0.490 e. The summed E-state index contributed by atoms with van der Waals surface area (Å²) in [5.74, 6) is -2.76. The second-order valence-electron chi connectivity index (χ2n) is 9.12. The highest BCUT2D eigenvalue weighted by atomic mass is 35.5. The smallest absolute Gasteiger partial charge is 0.475 e. The lowest BCUT2D eigenvalue weighted by atomic mass is 10.2. The predicted octanol–water partition coefficient (Wildman–Crippen LogP) is 5.08. The first-order chi connectivity index (χ1) is 19.6. The Balaban J connectivity index is 0.000000431. The van der Waals surface area contributed by atoms with E-state index in [-0.39, 0.29) is 5.56 Å². The molecule has 1 aliphatic rings. The van der Waals surface area contributed by atoms with Crippen molar-refractivity contribution in [1.29, 1.82) is 0 Å². The van der Waals surface area contributed by atoms with Crippen molar-refractivity contribution in [3.63, 3.8) is 0 Å². The summed E-state index contributed by atoms with van der Waals surface area (Å²) in [6, 6.07) is 15.5. The Kier molecular flexibility index (Phi) is 8.40. The Labute approximate surface area is 240 Å². The fraction of sp³-hybridized carbons (Fsp3) is 0.259. The number of aliphatic carboxylic acids is 1. The molecule has 0 aliphatic carbocycles. The zero-order chi connectivity index (χ0) is 29.1. The number of carboxylic acid groups (broad SMARTS) is 1. The van der Waals surface area contributed by atoms with E-state index in [4.69, 9.17) is 26.2 Å². The molecular weight excluding hydrogens is 583 g/mol. The zero-order valence-electron chi connectivity index (χ0n) is 21.3. The molecule has 4 heterocycles. The van der Waals surface area contributed by atoms with Gasteiger partial charge in [-0.25, -0.2) is 14.8 Å². The topological polar surface area (TPSA) is 102 Å². The fourth-order valence-electron chi connectivity index (χ4n) is 4.31. The van der Waals surface area contributed by atoms with Crippen LogP contribution in [-0.2, 0) is 16.1 Å². The van der Waals surface area contributed by atoms with Gasteiger partial charge in [-0.2, -0.15) is 13.2 Å². The minimum Gasteiger partial charge on any atom is -0.475 e. The second kappa shape index (κ2) is 12.0. The van der Waals surface area contributed by atoms with Crippen LogP contribution in [0.15, 0.2) is 66.0 Å². The summed E-state index contributed by atoms with van der Waals surface area (Å²) < 4.78 is 41.6. The molecule has 3 aromatic heterocycles. The maximum Gasteiger partial charge on any atom is 0.490 e. The summed E-state index contributed by atoms with van der Waals surface area (Å²) in [6.45, 7) is 5.37. The van der Waals surface area contributed by atoms with E-state index in [9.17, 15) is 18.0 Å². The number of halogens is 4. The molecule has 1 aliphatic heterocycles. The molecule has 41 heavy (non-hydrogen) atoms. The molecule has 1 fully saturated rings.